The summed E-state index contributed by atoms with van der Waals surface area (Å²) in [5, 5.41) is 13.9. The molecular weight excluding hydrogens is 258 g/mol. The van der Waals surface area contributed by atoms with E-state index in [4.69, 9.17) is 4.42 Å². The highest BCUT2D eigenvalue weighted by Gasteiger charge is 2.23. The second kappa shape index (κ2) is 5.11. The second-order valence-electron chi connectivity index (χ2n) is 5.48. The van der Waals surface area contributed by atoms with Gasteiger partial charge in [-0.15, -0.1) is 0 Å². The van der Waals surface area contributed by atoms with Crippen molar-refractivity contribution in [1.29, 1.82) is 0 Å². The molecule has 2 unspecified atom stereocenters. The quantitative estimate of drug-likeness (QED) is 0.681. The third-order valence-corrected chi connectivity index (χ3v) is 4.14. The topological polar surface area (TPSA) is 81.2 Å². The second-order valence-corrected chi connectivity index (χ2v) is 5.48. The van der Waals surface area contributed by atoms with Gasteiger partial charge in [0.2, 0.25) is 0 Å². The van der Waals surface area contributed by atoms with Gasteiger partial charge >= 0.3 is 0 Å². The molecule has 0 aliphatic heterocycles. The van der Waals surface area contributed by atoms with E-state index in [0.29, 0.717) is 23.0 Å². The van der Waals surface area contributed by atoms with Gasteiger partial charge in [-0.2, -0.15) is 4.98 Å². The van der Waals surface area contributed by atoms with Crippen LogP contribution in [0.25, 0.3) is 11.1 Å². The van der Waals surface area contributed by atoms with Gasteiger partial charge in [-0.05, 0) is 24.3 Å². The Labute approximate surface area is 116 Å². The van der Waals surface area contributed by atoms with E-state index in [0.717, 1.165) is 12.5 Å². The average molecular weight is 275 g/mol. The predicted molar refractivity (Wildman–Crippen MR) is 75.7 cm³/mol. The first-order chi connectivity index (χ1) is 9.63. The summed E-state index contributed by atoms with van der Waals surface area (Å²) in [6, 6.07) is 4.89. The molecule has 1 aliphatic carbocycles. The number of non-ortho nitro benzene ring substituents is 1. The van der Waals surface area contributed by atoms with Crippen molar-refractivity contribution in [2.24, 2.45) is 11.8 Å². The lowest BCUT2D eigenvalue weighted by molar-refractivity contribution is -0.384. The fourth-order valence-electron chi connectivity index (χ4n) is 2.85. The fraction of sp³-hybridized carbons (Fsp3) is 0.500. The number of benzene rings is 1. The van der Waals surface area contributed by atoms with Crippen LogP contribution in [-0.2, 0) is 0 Å². The zero-order chi connectivity index (χ0) is 14.1. The number of hydrogen-bond donors (Lipinski definition) is 1. The van der Waals surface area contributed by atoms with Gasteiger partial charge in [0.25, 0.3) is 11.7 Å². The smallest absolute Gasteiger partial charge is 0.295 e. The summed E-state index contributed by atoms with van der Waals surface area (Å²) in [7, 11) is 0. The first-order valence-electron chi connectivity index (χ1n) is 6.92. The molecule has 106 valence electrons. The van der Waals surface area contributed by atoms with Gasteiger partial charge in [0.1, 0.15) is 5.52 Å². The van der Waals surface area contributed by atoms with E-state index in [2.05, 4.69) is 17.2 Å². The van der Waals surface area contributed by atoms with E-state index in [1.165, 1.54) is 31.4 Å². The summed E-state index contributed by atoms with van der Waals surface area (Å²) in [5.41, 5.74) is 1.11. The molecule has 1 saturated carbocycles. The minimum Gasteiger partial charge on any atom is -0.424 e. The van der Waals surface area contributed by atoms with Crippen molar-refractivity contribution in [2.75, 3.05) is 11.9 Å². The fourth-order valence-corrected chi connectivity index (χ4v) is 2.85. The number of anilines is 1. The van der Waals surface area contributed by atoms with Crippen LogP contribution in [0.1, 0.15) is 26.2 Å². The van der Waals surface area contributed by atoms with Gasteiger partial charge in [0.15, 0.2) is 5.58 Å². The molecule has 6 heteroatoms. The van der Waals surface area contributed by atoms with Gasteiger partial charge in [-0.25, -0.2) is 0 Å². The maximum Gasteiger partial charge on any atom is 0.295 e. The molecule has 0 radical (unpaired) electrons. The van der Waals surface area contributed by atoms with Crippen LogP contribution in [0.15, 0.2) is 22.6 Å². The van der Waals surface area contributed by atoms with Crippen molar-refractivity contribution in [3.05, 3.63) is 28.3 Å². The van der Waals surface area contributed by atoms with E-state index in [9.17, 15) is 10.1 Å². The molecule has 1 aliphatic rings. The summed E-state index contributed by atoms with van der Waals surface area (Å²) in [6.45, 7) is 3.12. The van der Waals surface area contributed by atoms with Crippen molar-refractivity contribution in [2.45, 2.75) is 26.2 Å². The number of rotatable bonds is 4. The monoisotopic (exact) mass is 275 g/mol. The number of oxazole rings is 1. The average Bonchev–Trinajstić information content (AvgIpc) is 3.00. The van der Waals surface area contributed by atoms with E-state index >= 15 is 0 Å². The summed E-state index contributed by atoms with van der Waals surface area (Å²) >= 11 is 0. The molecular formula is C14H17N3O3. The lowest BCUT2D eigenvalue weighted by Crippen LogP contribution is -2.16. The van der Waals surface area contributed by atoms with Gasteiger partial charge in [-0.3, -0.25) is 10.1 Å². The molecule has 2 atom stereocenters. The summed E-state index contributed by atoms with van der Waals surface area (Å²) in [5.74, 6) is 1.38. The Hall–Kier alpha value is -2.11. The van der Waals surface area contributed by atoms with Crippen molar-refractivity contribution >= 4 is 22.8 Å². The van der Waals surface area contributed by atoms with Crippen molar-refractivity contribution in [1.82, 2.24) is 4.98 Å². The SMILES string of the molecule is CC1CCCC1CNc1nc2cc([N+](=O)[O-])ccc2o1. The van der Waals surface area contributed by atoms with Crippen molar-refractivity contribution < 1.29 is 9.34 Å². The Morgan fingerprint density at radius 1 is 1.50 bits per heavy atom. The number of nitro benzene ring substituents is 1. The number of nitrogens with one attached hydrogen (secondary N) is 1. The summed E-state index contributed by atoms with van der Waals surface area (Å²) < 4.78 is 5.55. The third kappa shape index (κ3) is 2.45. The molecule has 6 nitrogen and oxygen atoms in total. The number of aromatic nitrogens is 1. The Balaban J connectivity index is 1.74. The Bertz CT molecular complexity index is 638. The summed E-state index contributed by atoms with van der Waals surface area (Å²) in [6.07, 6.45) is 3.80. The van der Waals surface area contributed by atoms with Crippen LogP contribution in [0.5, 0.6) is 0 Å². The molecule has 0 amide bonds. The Kier molecular flexibility index (Phi) is 3.30. The van der Waals surface area contributed by atoms with E-state index in [1.807, 2.05) is 0 Å². The minimum atomic E-state index is -0.429. The molecule has 0 saturated heterocycles. The predicted octanol–water partition coefficient (Wildman–Crippen LogP) is 3.58. The summed E-state index contributed by atoms with van der Waals surface area (Å²) in [4.78, 5) is 14.5. The Morgan fingerprint density at radius 3 is 3.05 bits per heavy atom. The zero-order valence-electron chi connectivity index (χ0n) is 11.3. The van der Waals surface area contributed by atoms with Gasteiger partial charge in [-0.1, -0.05) is 19.8 Å². The van der Waals surface area contributed by atoms with Crippen LogP contribution in [0.4, 0.5) is 11.7 Å². The number of nitro groups is 1. The van der Waals surface area contributed by atoms with Crippen LogP contribution in [-0.4, -0.2) is 16.5 Å². The van der Waals surface area contributed by atoms with Crippen molar-refractivity contribution in [3.8, 4) is 0 Å². The largest absolute Gasteiger partial charge is 0.424 e. The van der Waals surface area contributed by atoms with Crippen LogP contribution < -0.4 is 5.32 Å². The number of nitrogens with zero attached hydrogens (tertiary/aromatic N) is 2. The highest BCUT2D eigenvalue weighted by atomic mass is 16.6. The Morgan fingerprint density at radius 2 is 2.35 bits per heavy atom. The molecule has 2 aromatic rings. The van der Waals surface area contributed by atoms with Crippen LogP contribution in [0.3, 0.4) is 0 Å². The third-order valence-electron chi connectivity index (χ3n) is 4.14. The first kappa shape index (κ1) is 12.9. The van der Waals surface area contributed by atoms with Gasteiger partial charge in [0, 0.05) is 18.7 Å². The zero-order valence-corrected chi connectivity index (χ0v) is 11.3. The molecule has 20 heavy (non-hydrogen) atoms. The molecule has 1 heterocycles. The highest BCUT2D eigenvalue weighted by Crippen LogP contribution is 2.31. The van der Waals surface area contributed by atoms with Gasteiger partial charge < -0.3 is 9.73 Å². The maximum absolute atomic E-state index is 10.7. The standard InChI is InChI=1S/C14H17N3O3/c1-9-3-2-4-10(9)8-15-14-16-12-7-11(17(18)19)5-6-13(12)20-14/h5-7,9-10H,2-4,8H2,1H3,(H,15,16). The van der Waals surface area contributed by atoms with Crippen LogP contribution in [0, 0.1) is 22.0 Å². The van der Waals surface area contributed by atoms with Crippen molar-refractivity contribution in [3.63, 3.8) is 0 Å². The highest BCUT2D eigenvalue weighted by molar-refractivity contribution is 5.77. The molecule has 1 fully saturated rings. The van der Waals surface area contributed by atoms with Gasteiger partial charge in [0.05, 0.1) is 4.92 Å². The lowest BCUT2D eigenvalue weighted by atomic mass is 9.98. The minimum absolute atomic E-state index is 0.0294. The molecule has 1 aromatic heterocycles. The van der Waals surface area contributed by atoms with Crippen LogP contribution in [0.2, 0.25) is 0 Å². The van der Waals surface area contributed by atoms with E-state index in [-0.39, 0.29) is 5.69 Å². The van der Waals surface area contributed by atoms with Crippen LogP contribution >= 0.6 is 0 Å². The number of fused-ring (bicyclic) bond motifs is 1. The lowest BCUT2D eigenvalue weighted by Gasteiger charge is -2.14. The first-order valence-corrected chi connectivity index (χ1v) is 6.92. The number of hydrogen-bond acceptors (Lipinski definition) is 5. The molecule has 0 spiro atoms. The van der Waals surface area contributed by atoms with E-state index < -0.39 is 4.92 Å². The molecule has 0 bridgehead atoms. The molecule has 1 aromatic carbocycles. The normalized spacial score (nSPS) is 22.2. The van der Waals surface area contributed by atoms with E-state index in [1.54, 1.807) is 6.07 Å². The molecule has 3 rings (SSSR count). The molecule has 1 N–H and O–H groups in total. The maximum atomic E-state index is 10.7.